The number of allylic oxidation sites excluding steroid dienone is 1. The molecule has 21 heavy (non-hydrogen) atoms. The largest absolute Gasteiger partial charge is 0.361 e. The molecule has 1 aromatic heterocycles. The lowest BCUT2D eigenvalue weighted by atomic mass is 10.2. The van der Waals surface area contributed by atoms with Crippen molar-refractivity contribution in [1.82, 2.24) is 0 Å². The van der Waals surface area contributed by atoms with Gasteiger partial charge in [0.1, 0.15) is 0 Å². The highest BCUT2D eigenvalue weighted by Gasteiger charge is 2.07. The number of benzene rings is 1. The van der Waals surface area contributed by atoms with Crippen LogP contribution in [0.4, 0.5) is 11.4 Å². The molecule has 0 aliphatic carbocycles. The van der Waals surface area contributed by atoms with Crippen molar-refractivity contribution >= 4 is 40.1 Å². The summed E-state index contributed by atoms with van der Waals surface area (Å²) in [5, 5.41) is 13.6. The topological polar surface area (TPSA) is 72.2 Å². The monoisotopic (exact) mass is 322 g/mol. The van der Waals surface area contributed by atoms with Crippen molar-refractivity contribution in [2.24, 2.45) is 0 Å². The highest BCUT2D eigenvalue weighted by Crippen LogP contribution is 2.23. The van der Waals surface area contributed by atoms with E-state index in [-0.39, 0.29) is 11.5 Å². The number of aryl methyl sites for hydroxylation is 1. The first kappa shape index (κ1) is 15.2. The number of nitrogens with zero attached hydrogens (tertiary/aromatic N) is 1. The Morgan fingerprint density at radius 3 is 2.71 bits per heavy atom. The zero-order chi connectivity index (χ0) is 15.4. The van der Waals surface area contributed by atoms with Crippen LogP contribution in [-0.4, -0.2) is 10.7 Å². The van der Waals surface area contributed by atoms with E-state index in [9.17, 15) is 14.9 Å². The molecule has 2 aromatic rings. The molecule has 0 aliphatic heterocycles. The van der Waals surface area contributed by atoms with Crippen LogP contribution in [0, 0.1) is 17.0 Å². The van der Waals surface area contributed by atoms with E-state index < -0.39 is 4.92 Å². The average Bonchev–Trinajstić information content (AvgIpc) is 2.87. The number of thiophene rings is 1. The van der Waals surface area contributed by atoms with Crippen molar-refractivity contribution in [3.8, 4) is 0 Å². The summed E-state index contributed by atoms with van der Waals surface area (Å²) in [7, 11) is 0. The first-order valence-corrected chi connectivity index (χ1v) is 7.14. The molecule has 0 spiro atoms. The lowest BCUT2D eigenvalue weighted by Crippen LogP contribution is -1.96. The van der Waals surface area contributed by atoms with Crippen LogP contribution in [0.15, 0.2) is 42.6 Å². The lowest BCUT2D eigenvalue weighted by molar-refractivity contribution is -0.384. The van der Waals surface area contributed by atoms with Crippen LogP contribution in [0.2, 0.25) is 4.34 Å². The molecule has 0 bridgehead atoms. The van der Waals surface area contributed by atoms with Crippen molar-refractivity contribution in [3.63, 3.8) is 0 Å². The number of nitro benzene ring substituents is 1. The zero-order valence-corrected chi connectivity index (χ0v) is 12.6. The molecule has 5 nitrogen and oxygen atoms in total. The van der Waals surface area contributed by atoms with E-state index in [4.69, 9.17) is 11.6 Å². The second-order valence-corrected chi connectivity index (χ2v) is 5.92. The Kier molecular flexibility index (Phi) is 4.72. The molecule has 1 aromatic carbocycles. The Morgan fingerprint density at radius 2 is 2.14 bits per heavy atom. The highest BCUT2D eigenvalue weighted by molar-refractivity contribution is 7.18. The Labute approximate surface area is 130 Å². The van der Waals surface area contributed by atoms with Crippen LogP contribution in [0.1, 0.15) is 15.2 Å². The molecule has 108 valence electrons. The number of carbonyl (C=O) groups is 1. The van der Waals surface area contributed by atoms with Crippen LogP contribution >= 0.6 is 22.9 Å². The van der Waals surface area contributed by atoms with E-state index in [2.05, 4.69) is 5.32 Å². The quantitative estimate of drug-likeness (QED) is 0.382. The minimum Gasteiger partial charge on any atom is -0.361 e. The van der Waals surface area contributed by atoms with Gasteiger partial charge in [0.15, 0.2) is 5.78 Å². The Balaban J connectivity index is 2.04. The SMILES string of the molecule is Cc1cc([N+](=O)[O-])ccc1NC=CC(=O)c1ccc(Cl)s1. The van der Waals surface area contributed by atoms with Gasteiger partial charge in [0.25, 0.3) is 5.69 Å². The van der Waals surface area contributed by atoms with E-state index in [1.54, 1.807) is 25.1 Å². The molecule has 2 rings (SSSR count). The van der Waals surface area contributed by atoms with Gasteiger partial charge < -0.3 is 5.32 Å². The van der Waals surface area contributed by atoms with Crippen LogP contribution < -0.4 is 5.32 Å². The number of rotatable bonds is 5. The molecule has 7 heteroatoms. The summed E-state index contributed by atoms with van der Waals surface area (Å²) < 4.78 is 0.561. The van der Waals surface area contributed by atoms with Crippen LogP contribution in [0.3, 0.4) is 0 Å². The highest BCUT2D eigenvalue weighted by atomic mass is 35.5. The number of nitrogens with one attached hydrogen (secondary N) is 1. The molecule has 0 saturated carbocycles. The van der Waals surface area contributed by atoms with E-state index in [0.29, 0.717) is 14.9 Å². The molecule has 0 amide bonds. The molecular formula is C14H11ClN2O3S. The Morgan fingerprint density at radius 1 is 1.38 bits per heavy atom. The number of halogens is 1. The predicted octanol–water partition coefficient (Wildman–Crippen LogP) is 4.43. The molecule has 0 unspecified atom stereocenters. The molecular weight excluding hydrogens is 312 g/mol. The van der Waals surface area contributed by atoms with Gasteiger partial charge >= 0.3 is 0 Å². The molecule has 0 radical (unpaired) electrons. The number of nitro groups is 1. The van der Waals surface area contributed by atoms with E-state index in [0.717, 1.165) is 5.56 Å². The fraction of sp³-hybridized carbons (Fsp3) is 0.0714. The summed E-state index contributed by atoms with van der Waals surface area (Å²) in [5.41, 5.74) is 1.46. The normalized spacial score (nSPS) is 10.8. The molecule has 1 heterocycles. The van der Waals surface area contributed by atoms with Crippen LogP contribution in [-0.2, 0) is 0 Å². The smallest absolute Gasteiger partial charge is 0.269 e. The van der Waals surface area contributed by atoms with Gasteiger partial charge in [0, 0.05) is 30.1 Å². The number of anilines is 1. The minimum absolute atomic E-state index is 0.0336. The maximum absolute atomic E-state index is 11.8. The zero-order valence-electron chi connectivity index (χ0n) is 11.0. The summed E-state index contributed by atoms with van der Waals surface area (Å²) in [6.45, 7) is 1.75. The third-order valence-corrected chi connectivity index (χ3v) is 3.96. The summed E-state index contributed by atoms with van der Waals surface area (Å²) >= 11 is 6.98. The molecule has 0 aliphatic rings. The van der Waals surface area contributed by atoms with Gasteiger partial charge in [-0.25, -0.2) is 0 Å². The van der Waals surface area contributed by atoms with E-state index >= 15 is 0 Å². The lowest BCUT2D eigenvalue weighted by Gasteiger charge is -2.04. The number of non-ortho nitro benzene ring substituents is 1. The van der Waals surface area contributed by atoms with Crippen molar-refractivity contribution in [2.45, 2.75) is 6.92 Å². The van der Waals surface area contributed by atoms with Gasteiger partial charge in [-0.3, -0.25) is 14.9 Å². The molecule has 0 saturated heterocycles. The van der Waals surface area contributed by atoms with Crippen molar-refractivity contribution in [2.75, 3.05) is 5.32 Å². The first-order valence-electron chi connectivity index (χ1n) is 5.95. The van der Waals surface area contributed by atoms with E-state index in [1.807, 2.05) is 0 Å². The Hall–Kier alpha value is -2.18. The summed E-state index contributed by atoms with van der Waals surface area (Å²) in [6.07, 6.45) is 2.90. The molecule has 0 fully saturated rings. The van der Waals surface area contributed by atoms with Gasteiger partial charge in [-0.1, -0.05) is 11.6 Å². The predicted molar refractivity (Wildman–Crippen MR) is 84.3 cm³/mol. The maximum Gasteiger partial charge on any atom is 0.269 e. The molecule has 0 atom stereocenters. The molecule has 1 N–H and O–H groups in total. The summed E-state index contributed by atoms with van der Waals surface area (Å²) in [4.78, 5) is 22.6. The number of hydrogen-bond donors (Lipinski definition) is 1. The van der Waals surface area contributed by atoms with E-state index in [1.165, 1.54) is 35.7 Å². The minimum atomic E-state index is -0.448. The third kappa shape index (κ3) is 3.90. The van der Waals surface area contributed by atoms with Crippen LogP contribution in [0.5, 0.6) is 0 Å². The summed E-state index contributed by atoms with van der Waals surface area (Å²) in [6, 6.07) is 7.81. The van der Waals surface area contributed by atoms with Crippen molar-refractivity contribution in [3.05, 3.63) is 67.5 Å². The fourth-order valence-corrected chi connectivity index (χ4v) is 2.62. The van der Waals surface area contributed by atoms with Gasteiger partial charge in [0.2, 0.25) is 0 Å². The summed E-state index contributed by atoms with van der Waals surface area (Å²) in [5.74, 6) is -0.154. The van der Waals surface area contributed by atoms with Gasteiger partial charge in [-0.05, 0) is 30.7 Å². The number of carbonyl (C=O) groups excluding carboxylic acids is 1. The Bertz CT molecular complexity index is 725. The van der Waals surface area contributed by atoms with Crippen molar-refractivity contribution < 1.29 is 9.72 Å². The average molecular weight is 323 g/mol. The fourth-order valence-electron chi connectivity index (χ4n) is 1.66. The second-order valence-electron chi connectivity index (χ2n) is 4.20. The van der Waals surface area contributed by atoms with Gasteiger partial charge in [0.05, 0.1) is 14.1 Å². The van der Waals surface area contributed by atoms with Crippen molar-refractivity contribution in [1.29, 1.82) is 0 Å². The number of ketones is 1. The number of hydrogen-bond acceptors (Lipinski definition) is 5. The van der Waals surface area contributed by atoms with Crippen LogP contribution in [0.25, 0.3) is 0 Å². The second kappa shape index (κ2) is 6.51. The van der Waals surface area contributed by atoms with Gasteiger partial charge in [-0.2, -0.15) is 0 Å². The standard InChI is InChI=1S/C14H11ClN2O3S/c1-9-8-10(17(19)20)2-3-11(9)16-7-6-12(18)13-4-5-14(15)21-13/h2-8,16H,1H3. The first-order chi connectivity index (χ1) is 9.97. The third-order valence-electron chi connectivity index (χ3n) is 2.71. The van der Waals surface area contributed by atoms with Gasteiger partial charge in [-0.15, -0.1) is 11.3 Å². The maximum atomic E-state index is 11.8.